The summed E-state index contributed by atoms with van der Waals surface area (Å²) >= 11 is 4.78. The summed E-state index contributed by atoms with van der Waals surface area (Å²) in [7, 11) is 0. The highest BCUT2D eigenvalue weighted by atomic mass is 79.9. The molecule has 0 bridgehead atoms. The molecule has 0 aliphatic heterocycles. The lowest BCUT2D eigenvalue weighted by atomic mass is 10.5. The van der Waals surface area contributed by atoms with Crippen LogP contribution in [-0.4, -0.2) is 16.3 Å². The van der Waals surface area contributed by atoms with Gasteiger partial charge in [-0.3, -0.25) is 0 Å². The summed E-state index contributed by atoms with van der Waals surface area (Å²) < 4.78 is 34.5. The molecule has 50 valence electrons. The first-order valence-electron chi connectivity index (χ1n) is 1.76. The van der Waals surface area contributed by atoms with Gasteiger partial charge in [0.05, 0.1) is 0 Å². The van der Waals surface area contributed by atoms with E-state index in [0.717, 1.165) is 0 Å². The monoisotopic (exact) mass is 254 g/mol. The Morgan fingerprint density at radius 3 is 1.38 bits per heavy atom. The highest BCUT2D eigenvalue weighted by molar-refractivity contribution is 9.12. The first kappa shape index (κ1) is 8.75. The van der Waals surface area contributed by atoms with E-state index < -0.39 is 16.3 Å². The zero-order chi connectivity index (χ0) is 6.73. The predicted octanol–water partition coefficient (Wildman–Crippen LogP) is 2.71. The Morgan fingerprint density at radius 1 is 1.00 bits per heavy atom. The molecule has 5 heteroatoms. The number of hydrogen-bond acceptors (Lipinski definition) is 0. The first-order valence-corrected chi connectivity index (χ1v) is 3.59. The number of rotatable bonds is 2. The van der Waals surface area contributed by atoms with E-state index in [1.807, 2.05) is 0 Å². The van der Waals surface area contributed by atoms with Gasteiger partial charge in [-0.1, -0.05) is 31.9 Å². The highest BCUT2D eigenvalue weighted by Crippen LogP contribution is 2.21. The van der Waals surface area contributed by atoms with Crippen LogP contribution in [0.4, 0.5) is 13.2 Å². The molecule has 0 aliphatic rings. The second-order valence-electron chi connectivity index (χ2n) is 1.11. The van der Waals surface area contributed by atoms with Crippen molar-refractivity contribution in [3.05, 3.63) is 0 Å². The molecule has 0 saturated heterocycles. The van der Waals surface area contributed by atoms with E-state index in [2.05, 4.69) is 31.9 Å². The number of halogens is 5. The maximum atomic E-state index is 11.7. The smallest absolute Gasteiger partial charge is 0.234 e. The van der Waals surface area contributed by atoms with Gasteiger partial charge in [0.15, 0.2) is 5.08 Å². The van der Waals surface area contributed by atoms with E-state index in [1.165, 1.54) is 0 Å². The van der Waals surface area contributed by atoms with Gasteiger partial charge in [0.2, 0.25) is 0 Å². The maximum absolute atomic E-state index is 11.7. The van der Waals surface area contributed by atoms with Gasteiger partial charge in [0.25, 0.3) is 6.43 Å². The van der Waals surface area contributed by atoms with Gasteiger partial charge in [-0.15, -0.1) is 0 Å². The van der Waals surface area contributed by atoms with Crippen LogP contribution in [0, 0.1) is 0 Å². The average Bonchev–Trinajstić information content (AvgIpc) is 1.64. The fourth-order valence-electron chi connectivity index (χ4n) is 0.110. The molecule has 0 aromatic rings. The van der Waals surface area contributed by atoms with Crippen molar-refractivity contribution in [2.45, 2.75) is 16.3 Å². The van der Waals surface area contributed by atoms with Crippen molar-refractivity contribution in [2.75, 3.05) is 0 Å². The lowest BCUT2D eigenvalue weighted by molar-refractivity contribution is 0.132. The summed E-state index contributed by atoms with van der Waals surface area (Å²) in [5.74, 6) is 0. The van der Waals surface area contributed by atoms with Crippen molar-refractivity contribution in [1.82, 2.24) is 0 Å². The molecular weight excluding hydrogens is 253 g/mol. The lowest BCUT2D eigenvalue weighted by Gasteiger charge is -2.05. The molecular formula is C3H3Br2F3. The van der Waals surface area contributed by atoms with Gasteiger partial charge in [0.1, 0.15) is 4.83 Å². The van der Waals surface area contributed by atoms with Crippen molar-refractivity contribution in [3.8, 4) is 0 Å². The standard InChI is InChI=1S/C3H3Br2F3/c4-1(2(5)6)3(7)8/h1-3H. The molecule has 2 unspecified atom stereocenters. The van der Waals surface area contributed by atoms with Crippen molar-refractivity contribution in [1.29, 1.82) is 0 Å². The fourth-order valence-corrected chi connectivity index (χ4v) is 0.341. The van der Waals surface area contributed by atoms with Crippen LogP contribution in [0.1, 0.15) is 0 Å². The Kier molecular flexibility index (Phi) is 4.06. The van der Waals surface area contributed by atoms with E-state index in [1.54, 1.807) is 0 Å². The Morgan fingerprint density at radius 2 is 1.38 bits per heavy atom. The van der Waals surface area contributed by atoms with Crippen molar-refractivity contribution < 1.29 is 13.2 Å². The van der Waals surface area contributed by atoms with Crippen LogP contribution in [0.25, 0.3) is 0 Å². The minimum Gasteiger partial charge on any atom is -0.234 e. The van der Waals surface area contributed by atoms with Crippen LogP contribution in [0.5, 0.6) is 0 Å². The van der Waals surface area contributed by atoms with Gasteiger partial charge in [-0.2, -0.15) is 0 Å². The van der Waals surface area contributed by atoms with Gasteiger partial charge in [0, 0.05) is 0 Å². The maximum Gasteiger partial charge on any atom is 0.254 e. The van der Waals surface area contributed by atoms with Crippen molar-refractivity contribution >= 4 is 31.9 Å². The van der Waals surface area contributed by atoms with Crippen LogP contribution in [0.2, 0.25) is 0 Å². The van der Waals surface area contributed by atoms with Gasteiger partial charge >= 0.3 is 0 Å². The SMILES string of the molecule is FC(F)C(Br)C(F)Br. The minimum absolute atomic E-state index is 1.40. The molecule has 0 aromatic heterocycles. The summed E-state index contributed by atoms with van der Waals surface area (Å²) in [5, 5.41) is -1.68. The van der Waals surface area contributed by atoms with Gasteiger partial charge in [-0.25, -0.2) is 13.2 Å². The third-order valence-corrected chi connectivity index (χ3v) is 2.62. The van der Waals surface area contributed by atoms with Crippen LogP contribution < -0.4 is 0 Å². The minimum atomic E-state index is -2.66. The molecule has 0 fully saturated rings. The highest BCUT2D eigenvalue weighted by Gasteiger charge is 2.24. The topological polar surface area (TPSA) is 0 Å². The largest absolute Gasteiger partial charge is 0.254 e. The molecule has 0 N–H and O–H groups in total. The van der Waals surface area contributed by atoms with Crippen LogP contribution in [-0.2, 0) is 0 Å². The van der Waals surface area contributed by atoms with Crippen molar-refractivity contribution in [3.63, 3.8) is 0 Å². The molecule has 0 nitrogen and oxygen atoms in total. The van der Waals surface area contributed by atoms with E-state index in [-0.39, 0.29) is 0 Å². The summed E-state index contributed by atoms with van der Waals surface area (Å²) in [4.78, 5) is -1.40. The molecule has 0 saturated carbocycles. The molecule has 0 heterocycles. The zero-order valence-electron chi connectivity index (χ0n) is 3.62. The molecule has 0 spiro atoms. The predicted molar refractivity (Wildman–Crippen MR) is 32.5 cm³/mol. The second-order valence-corrected chi connectivity index (χ2v) is 3.05. The van der Waals surface area contributed by atoms with E-state index >= 15 is 0 Å². The molecule has 0 aliphatic carbocycles. The van der Waals surface area contributed by atoms with E-state index in [4.69, 9.17) is 0 Å². The third kappa shape index (κ3) is 2.91. The first-order chi connectivity index (χ1) is 3.55. The Balaban J connectivity index is 3.46. The van der Waals surface area contributed by atoms with E-state index in [9.17, 15) is 13.2 Å². The molecule has 0 amide bonds. The summed E-state index contributed by atoms with van der Waals surface area (Å²) in [5.41, 5.74) is 0. The van der Waals surface area contributed by atoms with Gasteiger partial charge in [-0.05, 0) is 0 Å². The molecule has 8 heavy (non-hydrogen) atoms. The number of hydrogen-bond donors (Lipinski definition) is 0. The summed E-state index contributed by atoms with van der Waals surface area (Å²) in [6.45, 7) is 0. The molecule has 0 aromatic carbocycles. The Labute approximate surface area is 61.7 Å². The lowest BCUT2D eigenvalue weighted by Crippen LogP contribution is -2.17. The summed E-state index contributed by atoms with van der Waals surface area (Å²) in [6, 6.07) is 0. The average molecular weight is 256 g/mol. The van der Waals surface area contributed by atoms with E-state index in [0.29, 0.717) is 0 Å². The quantitative estimate of drug-likeness (QED) is 0.666. The zero-order valence-corrected chi connectivity index (χ0v) is 6.79. The second kappa shape index (κ2) is 3.71. The van der Waals surface area contributed by atoms with Crippen molar-refractivity contribution in [2.24, 2.45) is 0 Å². The Hall–Kier alpha value is 0.750. The van der Waals surface area contributed by atoms with Crippen LogP contribution in [0.15, 0.2) is 0 Å². The van der Waals surface area contributed by atoms with Gasteiger partial charge < -0.3 is 0 Å². The normalized spacial score (nSPS) is 18.8. The van der Waals surface area contributed by atoms with Crippen LogP contribution in [0.3, 0.4) is 0 Å². The van der Waals surface area contributed by atoms with Crippen LogP contribution >= 0.6 is 31.9 Å². The molecule has 0 radical (unpaired) electrons. The Bertz CT molecular complexity index is 57.5. The fraction of sp³-hybridized carbons (Fsp3) is 1.00. The number of alkyl halides is 5. The molecule has 2 atom stereocenters. The third-order valence-electron chi connectivity index (χ3n) is 0.481. The molecule has 0 rings (SSSR count). The summed E-state index contributed by atoms with van der Waals surface area (Å²) in [6.07, 6.45) is -2.66.